The van der Waals surface area contributed by atoms with Crippen molar-refractivity contribution in [3.8, 4) is 0 Å². The van der Waals surface area contributed by atoms with Gasteiger partial charge in [-0.05, 0) is 31.4 Å². The van der Waals surface area contributed by atoms with Crippen LogP contribution >= 0.6 is 0 Å². The van der Waals surface area contributed by atoms with Gasteiger partial charge in [0.15, 0.2) is 0 Å². The molecule has 0 saturated carbocycles. The molecule has 1 N–H and O–H groups in total. The van der Waals surface area contributed by atoms with Gasteiger partial charge in [-0.2, -0.15) is 0 Å². The largest absolute Gasteiger partial charge is 0.381 e. The van der Waals surface area contributed by atoms with Crippen LogP contribution in [0.15, 0.2) is 18.3 Å². The molecule has 0 aliphatic carbocycles. The Kier molecular flexibility index (Phi) is 4.42. The lowest BCUT2D eigenvalue weighted by Gasteiger charge is -2.30. The van der Waals surface area contributed by atoms with Crippen LogP contribution in [0, 0.1) is 0 Å². The van der Waals surface area contributed by atoms with Gasteiger partial charge in [-0.15, -0.1) is 0 Å². The van der Waals surface area contributed by atoms with Crippen LogP contribution in [0.2, 0.25) is 0 Å². The van der Waals surface area contributed by atoms with E-state index in [1.54, 1.807) is 0 Å². The van der Waals surface area contributed by atoms with Crippen LogP contribution in [0.4, 0.5) is 11.5 Å². The first kappa shape index (κ1) is 13.1. The Morgan fingerprint density at radius 3 is 2.89 bits per heavy atom. The summed E-state index contributed by atoms with van der Waals surface area (Å²) in [7, 11) is 4.00. The van der Waals surface area contributed by atoms with Crippen molar-refractivity contribution in [2.24, 2.45) is 0 Å². The number of pyridine rings is 1. The molecule has 1 fully saturated rings. The molecule has 0 amide bonds. The summed E-state index contributed by atoms with van der Waals surface area (Å²) in [4.78, 5) is 6.42. The molecule has 0 radical (unpaired) electrons. The standard InChI is InChI=1S/C14H23N3O/c1-4-13-9-11(7-8-18-13)16-12-5-6-14(15-10-12)17(2)3/h5-6,10-11,13,16H,4,7-9H2,1-3H3. The van der Waals surface area contributed by atoms with Crippen LogP contribution in [0.1, 0.15) is 26.2 Å². The topological polar surface area (TPSA) is 37.4 Å². The third-order valence-corrected chi connectivity index (χ3v) is 3.40. The lowest BCUT2D eigenvalue weighted by Crippen LogP contribution is -2.33. The zero-order chi connectivity index (χ0) is 13.0. The molecule has 2 rings (SSSR count). The third-order valence-electron chi connectivity index (χ3n) is 3.40. The summed E-state index contributed by atoms with van der Waals surface area (Å²) in [6, 6.07) is 4.65. The van der Waals surface area contributed by atoms with Crippen LogP contribution in [0.5, 0.6) is 0 Å². The number of aromatic nitrogens is 1. The average Bonchev–Trinajstić information content (AvgIpc) is 2.39. The molecule has 4 nitrogen and oxygen atoms in total. The van der Waals surface area contributed by atoms with Crippen molar-refractivity contribution in [1.82, 2.24) is 4.98 Å². The Balaban J connectivity index is 1.92. The summed E-state index contributed by atoms with van der Waals surface area (Å²) >= 11 is 0. The molecule has 1 aromatic heterocycles. The number of ether oxygens (including phenoxy) is 1. The zero-order valence-electron chi connectivity index (χ0n) is 11.5. The molecule has 2 atom stereocenters. The van der Waals surface area contributed by atoms with Gasteiger partial charge in [-0.1, -0.05) is 6.92 Å². The number of nitrogens with zero attached hydrogens (tertiary/aromatic N) is 2. The average molecular weight is 249 g/mol. The highest BCUT2D eigenvalue weighted by Crippen LogP contribution is 2.21. The molecule has 0 bridgehead atoms. The van der Waals surface area contributed by atoms with Crippen molar-refractivity contribution in [2.75, 3.05) is 30.9 Å². The van der Waals surface area contributed by atoms with Gasteiger partial charge in [-0.25, -0.2) is 4.98 Å². The van der Waals surface area contributed by atoms with Crippen molar-refractivity contribution in [3.05, 3.63) is 18.3 Å². The summed E-state index contributed by atoms with van der Waals surface area (Å²) in [5.41, 5.74) is 1.10. The van der Waals surface area contributed by atoms with Crippen molar-refractivity contribution < 1.29 is 4.74 Å². The molecule has 1 aliphatic rings. The van der Waals surface area contributed by atoms with E-state index in [0.717, 1.165) is 37.4 Å². The molecule has 1 aliphatic heterocycles. The molecule has 0 aromatic carbocycles. The van der Waals surface area contributed by atoms with E-state index in [4.69, 9.17) is 4.74 Å². The van der Waals surface area contributed by atoms with Gasteiger partial charge in [0, 0.05) is 26.7 Å². The van der Waals surface area contributed by atoms with E-state index in [-0.39, 0.29) is 0 Å². The molecule has 18 heavy (non-hydrogen) atoms. The predicted octanol–water partition coefficient (Wildman–Crippen LogP) is 2.52. The monoisotopic (exact) mass is 249 g/mol. The van der Waals surface area contributed by atoms with Gasteiger partial charge in [0.1, 0.15) is 5.82 Å². The Morgan fingerprint density at radius 2 is 2.28 bits per heavy atom. The summed E-state index contributed by atoms with van der Waals surface area (Å²) in [5.74, 6) is 0.985. The molecule has 2 unspecified atom stereocenters. The van der Waals surface area contributed by atoms with Crippen LogP contribution < -0.4 is 10.2 Å². The fraction of sp³-hybridized carbons (Fsp3) is 0.643. The van der Waals surface area contributed by atoms with E-state index in [9.17, 15) is 0 Å². The van der Waals surface area contributed by atoms with Gasteiger partial charge in [-0.3, -0.25) is 0 Å². The number of nitrogens with one attached hydrogen (secondary N) is 1. The van der Waals surface area contributed by atoms with E-state index in [1.807, 2.05) is 31.3 Å². The first-order valence-electron chi connectivity index (χ1n) is 6.70. The molecular formula is C14H23N3O. The van der Waals surface area contributed by atoms with E-state index < -0.39 is 0 Å². The Hall–Kier alpha value is -1.29. The van der Waals surface area contributed by atoms with Gasteiger partial charge >= 0.3 is 0 Å². The number of anilines is 2. The molecule has 2 heterocycles. The maximum absolute atomic E-state index is 5.68. The first-order chi connectivity index (χ1) is 8.69. The molecule has 1 aromatic rings. The number of hydrogen-bond acceptors (Lipinski definition) is 4. The van der Waals surface area contributed by atoms with Gasteiger partial charge in [0.25, 0.3) is 0 Å². The van der Waals surface area contributed by atoms with E-state index in [2.05, 4.69) is 23.3 Å². The fourth-order valence-corrected chi connectivity index (χ4v) is 2.27. The molecule has 100 valence electrons. The molecule has 1 saturated heterocycles. The summed E-state index contributed by atoms with van der Waals surface area (Å²) in [6.45, 7) is 3.04. The smallest absolute Gasteiger partial charge is 0.128 e. The third kappa shape index (κ3) is 3.35. The van der Waals surface area contributed by atoms with E-state index >= 15 is 0 Å². The molecule has 4 heteroatoms. The Labute approximate surface area is 109 Å². The minimum atomic E-state index is 0.408. The quantitative estimate of drug-likeness (QED) is 0.889. The fourth-order valence-electron chi connectivity index (χ4n) is 2.27. The van der Waals surface area contributed by atoms with E-state index in [1.165, 1.54) is 0 Å². The second-order valence-electron chi connectivity index (χ2n) is 5.07. The minimum absolute atomic E-state index is 0.408. The van der Waals surface area contributed by atoms with Crippen LogP contribution in [-0.4, -0.2) is 37.8 Å². The van der Waals surface area contributed by atoms with Crippen molar-refractivity contribution in [1.29, 1.82) is 0 Å². The highest BCUT2D eigenvalue weighted by atomic mass is 16.5. The second-order valence-corrected chi connectivity index (χ2v) is 5.07. The van der Waals surface area contributed by atoms with Crippen LogP contribution in [-0.2, 0) is 4.74 Å². The Bertz CT molecular complexity index is 364. The number of hydrogen-bond donors (Lipinski definition) is 1. The highest BCUT2D eigenvalue weighted by molar-refractivity contribution is 5.48. The first-order valence-corrected chi connectivity index (χ1v) is 6.70. The van der Waals surface area contributed by atoms with Gasteiger partial charge < -0.3 is 15.0 Å². The second kappa shape index (κ2) is 6.05. The predicted molar refractivity (Wildman–Crippen MR) is 75.2 cm³/mol. The van der Waals surface area contributed by atoms with Gasteiger partial charge in [0.05, 0.1) is 18.0 Å². The number of rotatable bonds is 4. The molecule has 0 spiro atoms. The summed E-state index contributed by atoms with van der Waals surface area (Å²) in [5, 5.41) is 3.55. The zero-order valence-corrected chi connectivity index (χ0v) is 11.5. The highest BCUT2D eigenvalue weighted by Gasteiger charge is 2.20. The SMILES string of the molecule is CCC1CC(Nc2ccc(N(C)C)nc2)CCO1. The van der Waals surface area contributed by atoms with Crippen molar-refractivity contribution in [2.45, 2.75) is 38.3 Å². The lowest BCUT2D eigenvalue weighted by atomic mass is 10.0. The summed E-state index contributed by atoms with van der Waals surface area (Å²) in [6.07, 6.45) is 5.57. The van der Waals surface area contributed by atoms with E-state index in [0.29, 0.717) is 12.1 Å². The van der Waals surface area contributed by atoms with Gasteiger partial charge in [0.2, 0.25) is 0 Å². The van der Waals surface area contributed by atoms with Crippen LogP contribution in [0.25, 0.3) is 0 Å². The summed E-state index contributed by atoms with van der Waals surface area (Å²) < 4.78 is 5.68. The maximum atomic E-state index is 5.68. The minimum Gasteiger partial charge on any atom is -0.381 e. The Morgan fingerprint density at radius 1 is 1.44 bits per heavy atom. The molecular weight excluding hydrogens is 226 g/mol. The maximum Gasteiger partial charge on any atom is 0.128 e. The van der Waals surface area contributed by atoms with Crippen LogP contribution in [0.3, 0.4) is 0 Å². The normalized spacial score (nSPS) is 23.7. The van der Waals surface area contributed by atoms with Crippen molar-refractivity contribution in [3.63, 3.8) is 0 Å². The van der Waals surface area contributed by atoms with Crippen molar-refractivity contribution >= 4 is 11.5 Å². The lowest BCUT2D eigenvalue weighted by molar-refractivity contribution is 0.00925.